The van der Waals surface area contributed by atoms with Crippen molar-refractivity contribution < 1.29 is 4.74 Å². The minimum Gasteiger partial charge on any atom is -0.491 e. The van der Waals surface area contributed by atoms with Crippen LogP contribution in [0.5, 0.6) is 5.75 Å². The van der Waals surface area contributed by atoms with Crippen LogP contribution in [0, 0.1) is 0 Å². The number of rotatable bonds is 5. The van der Waals surface area contributed by atoms with Crippen molar-refractivity contribution in [1.82, 2.24) is 0 Å². The van der Waals surface area contributed by atoms with Gasteiger partial charge >= 0.3 is 0 Å². The van der Waals surface area contributed by atoms with Gasteiger partial charge in [-0.15, -0.1) is 0 Å². The predicted octanol–water partition coefficient (Wildman–Crippen LogP) is 4.36. The van der Waals surface area contributed by atoms with Gasteiger partial charge in [0, 0.05) is 5.69 Å². The molecule has 0 aliphatic heterocycles. The van der Waals surface area contributed by atoms with E-state index in [4.69, 9.17) is 10.5 Å². The number of nitrogen functional groups attached to an aromatic ring is 1. The third-order valence-electron chi connectivity index (χ3n) is 2.01. The third kappa shape index (κ3) is 4.03. The van der Waals surface area contributed by atoms with Crippen molar-refractivity contribution in [2.75, 3.05) is 12.3 Å². The highest BCUT2D eigenvalue weighted by Crippen LogP contribution is 2.35. The van der Waals surface area contributed by atoms with Crippen molar-refractivity contribution in [2.24, 2.45) is 0 Å². The summed E-state index contributed by atoms with van der Waals surface area (Å²) >= 11 is 6.86. The third-order valence-corrected chi connectivity index (χ3v) is 3.19. The van der Waals surface area contributed by atoms with Crippen molar-refractivity contribution in [3.63, 3.8) is 0 Å². The van der Waals surface area contributed by atoms with E-state index in [1.165, 1.54) is 12.8 Å². The molecule has 0 spiro atoms. The van der Waals surface area contributed by atoms with Crippen LogP contribution in [0.15, 0.2) is 21.1 Å². The van der Waals surface area contributed by atoms with E-state index >= 15 is 0 Å². The van der Waals surface area contributed by atoms with Gasteiger partial charge in [0.1, 0.15) is 5.75 Å². The van der Waals surface area contributed by atoms with Crippen LogP contribution in [0.1, 0.15) is 26.2 Å². The smallest absolute Gasteiger partial charge is 0.147 e. The molecule has 1 aromatic carbocycles. The molecule has 1 rings (SSSR count). The molecule has 1 aromatic rings. The Morgan fingerprint density at radius 2 is 1.80 bits per heavy atom. The van der Waals surface area contributed by atoms with Crippen LogP contribution in [-0.4, -0.2) is 6.61 Å². The topological polar surface area (TPSA) is 35.2 Å². The molecule has 84 valence electrons. The van der Waals surface area contributed by atoms with Gasteiger partial charge in [0.25, 0.3) is 0 Å². The Morgan fingerprint density at radius 1 is 1.20 bits per heavy atom. The van der Waals surface area contributed by atoms with Crippen LogP contribution in [0.3, 0.4) is 0 Å². The van der Waals surface area contributed by atoms with E-state index in [0.29, 0.717) is 0 Å². The van der Waals surface area contributed by atoms with Gasteiger partial charge < -0.3 is 10.5 Å². The fraction of sp³-hybridized carbons (Fsp3) is 0.455. The average Bonchev–Trinajstić information content (AvgIpc) is 2.15. The first-order valence-corrected chi connectivity index (χ1v) is 6.61. The lowest BCUT2D eigenvalue weighted by molar-refractivity contribution is 0.302. The predicted molar refractivity (Wildman–Crippen MR) is 71.3 cm³/mol. The van der Waals surface area contributed by atoms with Crippen LogP contribution in [0.2, 0.25) is 0 Å². The summed E-state index contributed by atoms with van der Waals surface area (Å²) in [6.45, 7) is 2.92. The Bertz CT molecular complexity index is 305. The van der Waals surface area contributed by atoms with Gasteiger partial charge in [0.05, 0.1) is 15.6 Å². The Kier molecular flexibility index (Phi) is 5.47. The second-order valence-electron chi connectivity index (χ2n) is 3.37. The minimum atomic E-state index is 0.717. The number of nitrogens with two attached hydrogens (primary N) is 1. The lowest BCUT2D eigenvalue weighted by atomic mass is 10.2. The molecular weight excluding hydrogens is 322 g/mol. The monoisotopic (exact) mass is 335 g/mol. The lowest BCUT2D eigenvalue weighted by Gasteiger charge is -2.10. The van der Waals surface area contributed by atoms with Gasteiger partial charge in [-0.05, 0) is 50.4 Å². The molecular formula is C11H15Br2NO. The second-order valence-corrected chi connectivity index (χ2v) is 5.08. The van der Waals surface area contributed by atoms with Crippen molar-refractivity contribution in [1.29, 1.82) is 0 Å². The zero-order valence-corrected chi connectivity index (χ0v) is 11.9. The lowest BCUT2D eigenvalue weighted by Crippen LogP contribution is -1.99. The highest BCUT2D eigenvalue weighted by atomic mass is 79.9. The van der Waals surface area contributed by atoms with Crippen molar-refractivity contribution in [3.8, 4) is 5.75 Å². The maximum atomic E-state index is 5.69. The summed E-state index contributed by atoms with van der Waals surface area (Å²) in [6.07, 6.45) is 3.48. The fourth-order valence-corrected chi connectivity index (χ4v) is 2.69. The van der Waals surface area contributed by atoms with Crippen LogP contribution >= 0.6 is 31.9 Å². The van der Waals surface area contributed by atoms with E-state index in [1.807, 2.05) is 12.1 Å². The Balaban J connectivity index is 2.60. The highest BCUT2D eigenvalue weighted by molar-refractivity contribution is 9.11. The van der Waals surface area contributed by atoms with Gasteiger partial charge in [-0.2, -0.15) is 0 Å². The van der Waals surface area contributed by atoms with Crippen molar-refractivity contribution in [3.05, 3.63) is 21.1 Å². The van der Waals surface area contributed by atoms with E-state index in [1.54, 1.807) is 0 Å². The molecule has 0 saturated carbocycles. The minimum absolute atomic E-state index is 0.717. The number of benzene rings is 1. The molecule has 0 radical (unpaired) electrons. The average molecular weight is 337 g/mol. The van der Waals surface area contributed by atoms with Crippen LogP contribution in [0.4, 0.5) is 5.69 Å². The first-order valence-electron chi connectivity index (χ1n) is 5.02. The maximum Gasteiger partial charge on any atom is 0.147 e. The summed E-state index contributed by atoms with van der Waals surface area (Å²) in [5.74, 6) is 0.834. The molecule has 0 heterocycles. The summed E-state index contributed by atoms with van der Waals surface area (Å²) in [6, 6.07) is 3.69. The van der Waals surface area contributed by atoms with Crippen LogP contribution < -0.4 is 10.5 Å². The first kappa shape index (κ1) is 12.8. The van der Waals surface area contributed by atoms with Crippen molar-refractivity contribution in [2.45, 2.75) is 26.2 Å². The molecule has 0 aromatic heterocycles. The fourth-order valence-electron chi connectivity index (χ4n) is 1.24. The first-order chi connectivity index (χ1) is 7.15. The summed E-state index contributed by atoms with van der Waals surface area (Å²) in [4.78, 5) is 0. The molecule has 0 saturated heterocycles. The molecule has 2 nitrogen and oxygen atoms in total. The Hall–Kier alpha value is -0.220. The second kappa shape index (κ2) is 6.38. The molecule has 2 N–H and O–H groups in total. The number of hydrogen-bond donors (Lipinski definition) is 1. The standard InChI is InChI=1S/C11H15Br2NO/c1-2-3-4-5-15-11-9(12)6-8(14)7-10(11)13/h6-7H,2-5,14H2,1H3. The largest absolute Gasteiger partial charge is 0.491 e. The van der Waals surface area contributed by atoms with Crippen LogP contribution in [-0.2, 0) is 0 Å². The zero-order chi connectivity index (χ0) is 11.3. The molecule has 0 bridgehead atoms. The molecule has 15 heavy (non-hydrogen) atoms. The summed E-state index contributed by atoms with van der Waals surface area (Å²) < 4.78 is 7.46. The van der Waals surface area contributed by atoms with E-state index < -0.39 is 0 Å². The molecule has 0 atom stereocenters. The quantitative estimate of drug-likeness (QED) is 0.640. The highest BCUT2D eigenvalue weighted by Gasteiger charge is 2.07. The molecule has 0 aliphatic carbocycles. The normalized spacial score (nSPS) is 10.3. The summed E-state index contributed by atoms with van der Waals surface area (Å²) in [5, 5.41) is 0. The Labute approximate surface area is 107 Å². The number of anilines is 1. The van der Waals surface area contributed by atoms with Gasteiger partial charge in [-0.25, -0.2) is 0 Å². The summed E-state index contributed by atoms with van der Waals surface area (Å²) in [5.41, 5.74) is 6.41. The van der Waals surface area contributed by atoms with E-state index in [-0.39, 0.29) is 0 Å². The SMILES string of the molecule is CCCCCOc1c(Br)cc(N)cc1Br. The zero-order valence-electron chi connectivity index (χ0n) is 8.72. The van der Waals surface area contributed by atoms with Gasteiger partial charge in [0.2, 0.25) is 0 Å². The van der Waals surface area contributed by atoms with E-state index in [0.717, 1.165) is 33.4 Å². The molecule has 0 amide bonds. The number of ether oxygens (including phenoxy) is 1. The van der Waals surface area contributed by atoms with Crippen LogP contribution in [0.25, 0.3) is 0 Å². The molecule has 4 heteroatoms. The maximum absolute atomic E-state index is 5.69. The van der Waals surface area contributed by atoms with E-state index in [9.17, 15) is 0 Å². The van der Waals surface area contributed by atoms with E-state index in [2.05, 4.69) is 38.8 Å². The number of unbranched alkanes of at least 4 members (excludes halogenated alkanes) is 2. The van der Waals surface area contributed by atoms with Gasteiger partial charge in [-0.1, -0.05) is 19.8 Å². The summed E-state index contributed by atoms with van der Waals surface area (Å²) in [7, 11) is 0. The molecule has 0 unspecified atom stereocenters. The van der Waals surface area contributed by atoms with Gasteiger partial charge in [0.15, 0.2) is 0 Å². The Morgan fingerprint density at radius 3 is 2.33 bits per heavy atom. The molecule has 0 fully saturated rings. The number of hydrogen-bond acceptors (Lipinski definition) is 2. The molecule has 0 aliphatic rings. The van der Waals surface area contributed by atoms with Gasteiger partial charge in [-0.3, -0.25) is 0 Å². The number of halogens is 2. The van der Waals surface area contributed by atoms with Crippen molar-refractivity contribution >= 4 is 37.5 Å².